The fourth-order valence-electron chi connectivity index (χ4n) is 2.71. The van der Waals surface area contributed by atoms with E-state index < -0.39 is 0 Å². The Hall–Kier alpha value is 0.310. The lowest BCUT2D eigenvalue weighted by atomic mass is 10.1. The molecule has 2 heteroatoms. The third kappa shape index (κ3) is 4.36. The van der Waals surface area contributed by atoms with Crippen molar-refractivity contribution in [3.05, 3.63) is 0 Å². The molecule has 1 fully saturated rings. The van der Waals surface area contributed by atoms with Crippen molar-refractivity contribution in [3.8, 4) is 0 Å². The highest BCUT2D eigenvalue weighted by atomic mass is 32.2. The number of nitrogens with one attached hydrogen (secondary N) is 1. The van der Waals surface area contributed by atoms with Gasteiger partial charge in [-0.3, -0.25) is 0 Å². The summed E-state index contributed by atoms with van der Waals surface area (Å²) in [5.74, 6) is 0. The molecule has 1 aliphatic carbocycles. The molecule has 0 spiro atoms. The van der Waals surface area contributed by atoms with Crippen LogP contribution in [0.5, 0.6) is 0 Å². The van der Waals surface area contributed by atoms with Crippen LogP contribution in [0.2, 0.25) is 0 Å². The van der Waals surface area contributed by atoms with Crippen LogP contribution in [0.3, 0.4) is 0 Å². The van der Waals surface area contributed by atoms with Crippen molar-refractivity contribution in [3.63, 3.8) is 0 Å². The zero-order valence-corrected chi connectivity index (χ0v) is 11.4. The maximum absolute atomic E-state index is 3.90. The lowest BCUT2D eigenvalue weighted by Crippen LogP contribution is -2.41. The largest absolute Gasteiger partial charge is 0.310 e. The normalized spacial score (nSPS) is 26.4. The third-order valence-corrected chi connectivity index (χ3v) is 4.65. The second kappa shape index (κ2) is 7.56. The Labute approximate surface area is 99.8 Å². The zero-order valence-electron chi connectivity index (χ0n) is 10.6. The van der Waals surface area contributed by atoms with E-state index in [9.17, 15) is 0 Å². The molecule has 0 bridgehead atoms. The summed E-state index contributed by atoms with van der Waals surface area (Å²) in [7, 11) is 0. The summed E-state index contributed by atoms with van der Waals surface area (Å²) in [6, 6.07) is 1.57. The molecule has 0 aromatic rings. The molecule has 0 aromatic heterocycles. The van der Waals surface area contributed by atoms with Gasteiger partial charge in [-0.25, -0.2) is 0 Å². The van der Waals surface area contributed by atoms with Gasteiger partial charge < -0.3 is 5.32 Å². The molecule has 1 aliphatic rings. The van der Waals surface area contributed by atoms with Gasteiger partial charge in [0.05, 0.1) is 0 Å². The molecule has 1 nitrogen and oxygen atoms in total. The first-order valence-electron chi connectivity index (χ1n) is 6.60. The highest BCUT2D eigenvalue weighted by molar-refractivity contribution is 7.99. The van der Waals surface area contributed by atoms with Gasteiger partial charge in [0.25, 0.3) is 0 Å². The van der Waals surface area contributed by atoms with Crippen LogP contribution in [0, 0.1) is 0 Å². The lowest BCUT2D eigenvalue weighted by molar-refractivity contribution is 0.389. The fourth-order valence-corrected chi connectivity index (χ4v) is 3.66. The van der Waals surface area contributed by atoms with Gasteiger partial charge in [0.1, 0.15) is 0 Å². The lowest BCUT2D eigenvalue weighted by Gasteiger charge is -2.26. The van der Waals surface area contributed by atoms with Gasteiger partial charge in [-0.15, -0.1) is 0 Å². The molecule has 2 unspecified atom stereocenters. The van der Waals surface area contributed by atoms with E-state index in [0.717, 1.165) is 17.3 Å². The minimum Gasteiger partial charge on any atom is -0.310 e. The first kappa shape index (κ1) is 13.4. The minimum absolute atomic E-state index is 0.776. The van der Waals surface area contributed by atoms with Crippen molar-refractivity contribution < 1.29 is 0 Å². The van der Waals surface area contributed by atoms with E-state index in [0.29, 0.717) is 0 Å². The van der Waals surface area contributed by atoms with Crippen LogP contribution in [0.1, 0.15) is 58.8 Å². The Morgan fingerprint density at radius 2 is 1.87 bits per heavy atom. The van der Waals surface area contributed by atoms with Crippen molar-refractivity contribution in [1.29, 1.82) is 0 Å². The second-order valence-corrected chi connectivity index (χ2v) is 5.83. The van der Waals surface area contributed by atoms with Gasteiger partial charge in [-0.2, -0.15) is 11.8 Å². The van der Waals surface area contributed by atoms with Crippen LogP contribution < -0.4 is 5.32 Å². The van der Waals surface area contributed by atoms with E-state index in [-0.39, 0.29) is 0 Å². The standard InChI is InChI=1S/C13H27NS/c1-4-7-11(8-5-2)14-12-9-6-10-13(12)15-3/h11-14H,4-10H2,1-3H3. The molecular weight excluding hydrogens is 202 g/mol. The molecule has 1 rings (SSSR count). The number of hydrogen-bond donors (Lipinski definition) is 1. The molecule has 0 amide bonds. The molecule has 0 heterocycles. The van der Waals surface area contributed by atoms with Gasteiger partial charge in [0.15, 0.2) is 0 Å². The van der Waals surface area contributed by atoms with E-state index >= 15 is 0 Å². The summed E-state index contributed by atoms with van der Waals surface area (Å²) in [6.07, 6.45) is 11.8. The maximum Gasteiger partial charge on any atom is 0.0198 e. The van der Waals surface area contributed by atoms with Crippen LogP contribution in [0.15, 0.2) is 0 Å². The molecule has 0 aromatic carbocycles. The average molecular weight is 229 g/mol. The monoisotopic (exact) mass is 229 g/mol. The van der Waals surface area contributed by atoms with Crippen LogP contribution in [-0.2, 0) is 0 Å². The summed E-state index contributed by atoms with van der Waals surface area (Å²) in [5.41, 5.74) is 0. The first-order valence-corrected chi connectivity index (χ1v) is 7.89. The Morgan fingerprint density at radius 1 is 1.20 bits per heavy atom. The van der Waals surface area contributed by atoms with Gasteiger partial charge in [0.2, 0.25) is 0 Å². The highest BCUT2D eigenvalue weighted by Gasteiger charge is 2.27. The second-order valence-electron chi connectivity index (χ2n) is 4.75. The van der Waals surface area contributed by atoms with Crippen LogP contribution in [0.4, 0.5) is 0 Å². The quantitative estimate of drug-likeness (QED) is 0.712. The van der Waals surface area contributed by atoms with Gasteiger partial charge in [-0.05, 0) is 31.9 Å². The molecule has 15 heavy (non-hydrogen) atoms. The topological polar surface area (TPSA) is 12.0 Å². The van der Waals surface area contributed by atoms with Crippen molar-refractivity contribution in [2.45, 2.75) is 76.1 Å². The van der Waals surface area contributed by atoms with Crippen LogP contribution >= 0.6 is 11.8 Å². The summed E-state index contributed by atoms with van der Waals surface area (Å²) in [6.45, 7) is 4.59. The molecule has 1 N–H and O–H groups in total. The number of thioether (sulfide) groups is 1. The van der Waals surface area contributed by atoms with E-state index in [1.165, 1.54) is 44.9 Å². The molecule has 1 saturated carbocycles. The van der Waals surface area contributed by atoms with Crippen LogP contribution in [0.25, 0.3) is 0 Å². The summed E-state index contributed by atoms with van der Waals surface area (Å²) in [4.78, 5) is 0. The van der Waals surface area contributed by atoms with E-state index in [2.05, 4.69) is 37.2 Å². The molecule has 0 saturated heterocycles. The maximum atomic E-state index is 3.90. The van der Waals surface area contributed by atoms with Gasteiger partial charge in [-0.1, -0.05) is 33.1 Å². The Morgan fingerprint density at radius 3 is 2.40 bits per heavy atom. The Kier molecular flexibility index (Phi) is 6.74. The first-order chi connectivity index (χ1) is 7.31. The average Bonchev–Trinajstić information content (AvgIpc) is 2.66. The van der Waals surface area contributed by atoms with Gasteiger partial charge >= 0.3 is 0 Å². The molecular formula is C13H27NS. The Balaban J connectivity index is 2.35. The molecule has 0 radical (unpaired) electrons. The smallest absolute Gasteiger partial charge is 0.0198 e. The van der Waals surface area contributed by atoms with Crippen molar-refractivity contribution in [1.82, 2.24) is 5.32 Å². The molecule has 2 atom stereocenters. The Bertz CT molecular complexity index is 155. The van der Waals surface area contributed by atoms with Crippen molar-refractivity contribution in [2.24, 2.45) is 0 Å². The third-order valence-electron chi connectivity index (χ3n) is 3.48. The highest BCUT2D eigenvalue weighted by Crippen LogP contribution is 2.29. The van der Waals surface area contributed by atoms with Gasteiger partial charge in [0, 0.05) is 17.3 Å². The van der Waals surface area contributed by atoms with E-state index in [1.54, 1.807) is 0 Å². The molecule has 90 valence electrons. The number of rotatable bonds is 7. The minimum atomic E-state index is 0.776. The SMILES string of the molecule is CCCC(CCC)NC1CCCC1SC. The summed E-state index contributed by atoms with van der Waals surface area (Å²) >= 11 is 2.06. The summed E-state index contributed by atoms with van der Waals surface area (Å²) in [5, 5.41) is 4.77. The predicted molar refractivity (Wildman–Crippen MR) is 71.7 cm³/mol. The van der Waals surface area contributed by atoms with Crippen LogP contribution in [-0.4, -0.2) is 23.6 Å². The van der Waals surface area contributed by atoms with Crippen molar-refractivity contribution >= 4 is 11.8 Å². The molecule has 0 aliphatic heterocycles. The summed E-state index contributed by atoms with van der Waals surface area (Å²) < 4.78 is 0. The fraction of sp³-hybridized carbons (Fsp3) is 1.00. The predicted octanol–water partition coefficient (Wildman–Crippen LogP) is 3.83. The van der Waals surface area contributed by atoms with E-state index in [1.807, 2.05) is 0 Å². The number of hydrogen-bond acceptors (Lipinski definition) is 2. The van der Waals surface area contributed by atoms with E-state index in [4.69, 9.17) is 0 Å². The zero-order chi connectivity index (χ0) is 11.1. The van der Waals surface area contributed by atoms with Crippen molar-refractivity contribution in [2.75, 3.05) is 6.26 Å².